The van der Waals surface area contributed by atoms with E-state index in [4.69, 9.17) is 17.5 Å². The Labute approximate surface area is 159 Å². The molecule has 3 rings (SSSR count). The minimum atomic E-state index is -3.92. The van der Waals surface area contributed by atoms with Crippen molar-refractivity contribution in [2.24, 2.45) is 5.73 Å². The zero-order chi connectivity index (χ0) is 18.6. The molecule has 0 aliphatic rings. The van der Waals surface area contributed by atoms with Crippen LogP contribution >= 0.6 is 11.8 Å². The maximum atomic E-state index is 13.0. The van der Waals surface area contributed by atoms with E-state index in [-0.39, 0.29) is 4.90 Å². The Morgan fingerprint density at radius 3 is 1.65 bits per heavy atom. The molecule has 2 unspecified atom stereocenters. The normalized spacial score (nSPS) is 14.1. The Morgan fingerprint density at radius 2 is 1.15 bits per heavy atom. The van der Waals surface area contributed by atoms with Crippen LogP contribution in [0, 0.1) is 0 Å². The molecule has 4 nitrogen and oxygen atoms in total. The second kappa shape index (κ2) is 8.01. The van der Waals surface area contributed by atoms with Crippen molar-refractivity contribution in [3.05, 3.63) is 102 Å². The van der Waals surface area contributed by atoms with Gasteiger partial charge in [0.1, 0.15) is 0 Å². The van der Waals surface area contributed by atoms with Crippen LogP contribution in [0.3, 0.4) is 0 Å². The highest BCUT2D eigenvalue weighted by Gasteiger charge is 2.35. The highest BCUT2D eigenvalue weighted by Crippen LogP contribution is 2.37. The fourth-order valence-corrected chi connectivity index (χ4v) is 4.53. The molecule has 0 amide bonds. The molecular formula is C20H19ClN2O2S. The molecule has 3 aromatic rings. The predicted octanol–water partition coefficient (Wildman–Crippen LogP) is 4.27. The molecule has 0 radical (unpaired) electrons. The van der Waals surface area contributed by atoms with E-state index in [0.29, 0.717) is 0 Å². The van der Waals surface area contributed by atoms with Crippen molar-refractivity contribution in [3.63, 3.8) is 0 Å². The summed E-state index contributed by atoms with van der Waals surface area (Å²) in [6, 6.07) is 25.2. The minimum Gasteiger partial charge on any atom is -0.322 e. The third kappa shape index (κ3) is 3.81. The van der Waals surface area contributed by atoms with Crippen molar-refractivity contribution < 1.29 is 8.42 Å². The van der Waals surface area contributed by atoms with Gasteiger partial charge in [-0.15, -0.1) is 3.82 Å². The number of nitrogens with zero attached hydrogens (tertiary/aromatic N) is 1. The van der Waals surface area contributed by atoms with Crippen LogP contribution in [0.5, 0.6) is 0 Å². The summed E-state index contributed by atoms with van der Waals surface area (Å²) in [6.45, 7) is 0. The second-order valence-corrected chi connectivity index (χ2v) is 8.23. The SMILES string of the molecule is NC(c1ccccc1)C(c1ccccc1)N(Cl)S(=O)(=O)c1ccccc1. The van der Waals surface area contributed by atoms with E-state index >= 15 is 0 Å². The lowest BCUT2D eigenvalue weighted by atomic mass is 9.95. The van der Waals surface area contributed by atoms with E-state index in [0.717, 1.165) is 15.0 Å². The van der Waals surface area contributed by atoms with Crippen molar-refractivity contribution in [2.75, 3.05) is 0 Å². The van der Waals surface area contributed by atoms with Crippen LogP contribution in [0.15, 0.2) is 95.9 Å². The topological polar surface area (TPSA) is 63.4 Å². The molecule has 0 aromatic heterocycles. The molecule has 6 heteroatoms. The quantitative estimate of drug-likeness (QED) is 0.643. The van der Waals surface area contributed by atoms with Gasteiger partial charge in [-0.2, -0.15) is 0 Å². The van der Waals surface area contributed by atoms with Gasteiger partial charge in [-0.25, -0.2) is 8.42 Å². The van der Waals surface area contributed by atoms with E-state index in [1.807, 2.05) is 60.7 Å². The fourth-order valence-electron chi connectivity index (χ4n) is 2.80. The molecule has 0 saturated heterocycles. The molecule has 0 heterocycles. The summed E-state index contributed by atoms with van der Waals surface area (Å²) in [5.41, 5.74) is 7.98. The Bertz CT molecular complexity index is 935. The first kappa shape index (κ1) is 18.6. The summed E-state index contributed by atoms with van der Waals surface area (Å²) in [7, 11) is -3.92. The van der Waals surface area contributed by atoms with Gasteiger partial charge in [0.25, 0.3) is 10.0 Å². The zero-order valence-corrected chi connectivity index (χ0v) is 15.5. The first-order valence-electron chi connectivity index (χ1n) is 8.12. The monoisotopic (exact) mass is 386 g/mol. The lowest BCUT2D eigenvalue weighted by Gasteiger charge is -2.30. The lowest BCUT2D eigenvalue weighted by Crippen LogP contribution is -2.34. The van der Waals surface area contributed by atoms with Gasteiger partial charge in [-0.1, -0.05) is 78.9 Å². The average molecular weight is 387 g/mol. The van der Waals surface area contributed by atoms with Crippen LogP contribution in [0.2, 0.25) is 0 Å². The summed E-state index contributed by atoms with van der Waals surface area (Å²) < 4.78 is 26.9. The van der Waals surface area contributed by atoms with Crippen LogP contribution in [0.1, 0.15) is 23.2 Å². The lowest BCUT2D eigenvalue weighted by molar-refractivity contribution is 0.400. The summed E-state index contributed by atoms with van der Waals surface area (Å²) in [5, 5.41) is 0. The molecule has 0 spiro atoms. The van der Waals surface area contributed by atoms with Crippen LogP contribution in [-0.4, -0.2) is 12.2 Å². The Balaban J connectivity index is 2.06. The average Bonchev–Trinajstić information content (AvgIpc) is 2.70. The van der Waals surface area contributed by atoms with Crippen molar-refractivity contribution in [1.29, 1.82) is 0 Å². The number of halogens is 1. The maximum Gasteiger partial charge on any atom is 0.257 e. The standard InChI is InChI=1S/C20H19ClN2O2S/c21-23(26(24,25)18-14-8-3-9-15-18)20(17-12-6-2-7-13-17)19(22)16-10-4-1-5-11-16/h1-15,19-20H,22H2. The number of rotatable bonds is 6. The number of benzene rings is 3. The third-order valence-corrected chi connectivity index (χ3v) is 6.46. The molecule has 0 bridgehead atoms. The molecule has 2 N–H and O–H groups in total. The van der Waals surface area contributed by atoms with Crippen molar-refractivity contribution in [2.45, 2.75) is 17.0 Å². The van der Waals surface area contributed by atoms with E-state index < -0.39 is 22.1 Å². The molecule has 134 valence electrons. The fraction of sp³-hybridized carbons (Fsp3) is 0.100. The first-order valence-corrected chi connectivity index (χ1v) is 9.90. The van der Waals surface area contributed by atoms with E-state index in [2.05, 4.69) is 0 Å². The number of nitrogens with two attached hydrogens (primary N) is 1. The summed E-state index contributed by atoms with van der Waals surface area (Å²) >= 11 is 6.42. The summed E-state index contributed by atoms with van der Waals surface area (Å²) in [5.74, 6) is 0. The molecule has 0 fully saturated rings. The van der Waals surface area contributed by atoms with Gasteiger partial charge in [-0.05, 0) is 35.0 Å². The van der Waals surface area contributed by atoms with Gasteiger partial charge in [0, 0.05) is 0 Å². The van der Waals surface area contributed by atoms with Crippen LogP contribution in [-0.2, 0) is 10.0 Å². The highest BCUT2D eigenvalue weighted by atomic mass is 35.5. The van der Waals surface area contributed by atoms with Gasteiger partial charge in [0.05, 0.1) is 17.0 Å². The van der Waals surface area contributed by atoms with Crippen LogP contribution < -0.4 is 5.73 Å². The highest BCUT2D eigenvalue weighted by molar-refractivity contribution is 7.90. The van der Waals surface area contributed by atoms with E-state index in [9.17, 15) is 8.42 Å². The van der Waals surface area contributed by atoms with Gasteiger partial charge in [0.15, 0.2) is 0 Å². The molecule has 26 heavy (non-hydrogen) atoms. The number of hydrogen-bond acceptors (Lipinski definition) is 3. The molecule has 0 aliphatic heterocycles. The Kier molecular flexibility index (Phi) is 5.74. The predicted molar refractivity (Wildman–Crippen MR) is 104 cm³/mol. The van der Waals surface area contributed by atoms with Gasteiger partial charge in [-0.3, -0.25) is 0 Å². The second-order valence-electron chi connectivity index (χ2n) is 5.85. The van der Waals surface area contributed by atoms with E-state index in [1.165, 1.54) is 12.1 Å². The number of hydrogen-bond donors (Lipinski definition) is 1. The number of sulfonamides is 1. The Hall–Kier alpha value is -2.18. The van der Waals surface area contributed by atoms with Gasteiger partial charge < -0.3 is 5.73 Å². The zero-order valence-electron chi connectivity index (χ0n) is 13.9. The van der Waals surface area contributed by atoms with E-state index in [1.54, 1.807) is 18.2 Å². The summed E-state index contributed by atoms with van der Waals surface area (Å²) in [6.07, 6.45) is 0. The first-order chi connectivity index (χ1) is 12.5. The van der Waals surface area contributed by atoms with Crippen molar-refractivity contribution >= 4 is 21.8 Å². The van der Waals surface area contributed by atoms with Crippen molar-refractivity contribution in [1.82, 2.24) is 3.82 Å². The van der Waals surface area contributed by atoms with Gasteiger partial charge >= 0.3 is 0 Å². The largest absolute Gasteiger partial charge is 0.322 e. The molecule has 0 saturated carbocycles. The Morgan fingerprint density at radius 1 is 0.731 bits per heavy atom. The molecule has 2 atom stereocenters. The molecular weight excluding hydrogens is 368 g/mol. The van der Waals surface area contributed by atoms with Gasteiger partial charge in [0.2, 0.25) is 0 Å². The summed E-state index contributed by atoms with van der Waals surface area (Å²) in [4.78, 5) is 0.121. The molecule has 0 aliphatic carbocycles. The molecule has 3 aromatic carbocycles. The third-order valence-electron chi connectivity index (χ3n) is 4.16. The maximum absolute atomic E-state index is 13.0. The van der Waals surface area contributed by atoms with Crippen molar-refractivity contribution in [3.8, 4) is 0 Å². The minimum absolute atomic E-state index is 0.121. The van der Waals surface area contributed by atoms with Crippen LogP contribution in [0.4, 0.5) is 0 Å². The van der Waals surface area contributed by atoms with Crippen LogP contribution in [0.25, 0.3) is 0 Å². The smallest absolute Gasteiger partial charge is 0.257 e.